The normalized spacial score (nSPS) is 11.3. The number of hydrogen-bond acceptors (Lipinski definition) is 4. The molecule has 2 rings (SSSR count). The zero-order valence-electron chi connectivity index (χ0n) is 12.7. The lowest BCUT2D eigenvalue weighted by molar-refractivity contribution is -0.387. The summed E-state index contributed by atoms with van der Waals surface area (Å²) in [5.74, 6) is 0. The SMILES string of the molecule is Cc1ccc(CCCNS(=O)(=O)c2ccccc2[N+](=O)[O-])cc1. The summed E-state index contributed by atoms with van der Waals surface area (Å²) in [6.45, 7) is 2.23. The number of nitro benzene ring substituents is 1. The Balaban J connectivity index is 1.97. The summed E-state index contributed by atoms with van der Waals surface area (Å²) in [5, 5.41) is 10.9. The van der Waals surface area contributed by atoms with E-state index in [2.05, 4.69) is 4.72 Å². The maximum atomic E-state index is 12.2. The molecule has 0 aliphatic heterocycles. The minimum Gasteiger partial charge on any atom is -0.258 e. The molecule has 0 radical (unpaired) electrons. The predicted molar refractivity (Wildman–Crippen MR) is 87.8 cm³/mol. The Bertz CT molecular complexity index is 786. The van der Waals surface area contributed by atoms with Gasteiger partial charge in [0.1, 0.15) is 0 Å². The Labute approximate surface area is 135 Å². The van der Waals surface area contributed by atoms with E-state index in [0.29, 0.717) is 6.42 Å². The van der Waals surface area contributed by atoms with Gasteiger partial charge < -0.3 is 0 Å². The average Bonchev–Trinajstić information content (AvgIpc) is 2.53. The van der Waals surface area contributed by atoms with E-state index in [1.165, 1.54) is 29.8 Å². The van der Waals surface area contributed by atoms with Crippen molar-refractivity contribution in [3.05, 3.63) is 69.8 Å². The number of sulfonamides is 1. The Hall–Kier alpha value is -2.25. The van der Waals surface area contributed by atoms with Crippen LogP contribution in [0.4, 0.5) is 5.69 Å². The molecule has 0 amide bonds. The molecule has 0 aromatic heterocycles. The number of rotatable bonds is 7. The molecule has 0 saturated heterocycles. The van der Waals surface area contributed by atoms with E-state index in [-0.39, 0.29) is 11.4 Å². The number of aryl methyl sites for hydroxylation is 2. The van der Waals surface area contributed by atoms with E-state index in [0.717, 1.165) is 12.0 Å². The number of hydrogen-bond donors (Lipinski definition) is 1. The van der Waals surface area contributed by atoms with Crippen LogP contribution in [0.1, 0.15) is 17.5 Å². The Morgan fingerprint density at radius 2 is 1.74 bits per heavy atom. The lowest BCUT2D eigenvalue weighted by Gasteiger charge is -2.07. The highest BCUT2D eigenvalue weighted by Gasteiger charge is 2.24. The highest BCUT2D eigenvalue weighted by molar-refractivity contribution is 7.89. The van der Waals surface area contributed by atoms with Crippen molar-refractivity contribution in [2.24, 2.45) is 0 Å². The highest BCUT2D eigenvalue weighted by atomic mass is 32.2. The van der Waals surface area contributed by atoms with Gasteiger partial charge >= 0.3 is 0 Å². The van der Waals surface area contributed by atoms with Gasteiger partial charge in [0.25, 0.3) is 5.69 Å². The lowest BCUT2D eigenvalue weighted by atomic mass is 10.1. The topological polar surface area (TPSA) is 89.3 Å². The summed E-state index contributed by atoms with van der Waals surface area (Å²) in [7, 11) is -3.89. The molecule has 0 spiro atoms. The van der Waals surface area contributed by atoms with Gasteiger partial charge in [-0.05, 0) is 31.4 Å². The fraction of sp³-hybridized carbons (Fsp3) is 0.250. The molecule has 2 aromatic rings. The smallest absolute Gasteiger partial charge is 0.258 e. The van der Waals surface area contributed by atoms with Crippen LogP contribution in [0.15, 0.2) is 53.4 Å². The molecule has 1 N–H and O–H groups in total. The third-order valence-corrected chi connectivity index (χ3v) is 4.91. The third-order valence-electron chi connectivity index (χ3n) is 3.41. The monoisotopic (exact) mass is 334 g/mol. The summed E-state index contributed by atoms with van der Waals surface area (Å²) in [6.07, 6.45) is 1.35. The van der Waals surface area contributed by atoms with Crippen LogP contribution < -0.4 is 4.72 Å². The van der Waals surface area contributed by atoms with Gasteiger partial charge in [0.05, 0.1) is 4.92 Å². The molecule has 0 heterocycles. The molecule has 7 heteroatoms. The second-order valence-corrected chi connectivity index (χ2v) is 6.95. The Morgan fingerprint density at radius 3 is 2.39 bits per heavy atom. The van der Waals surface area contributed by atoms with Gasteiger partial charge in [-0.25, -0.2) is 13.1 Å². The van der Waals surface area contributed by atoms with Gasteiger partial charge in [-0.3, -0.25) is 10.1 Å². The predicted octanol–water partition coefficient (Wildman–Crippen LogP) is 2.81. The van der Waals surface area contributed by atoms with Crippen molar-refractivity contribution < 1.29 is 13.3 Å². The largest absolute Gasteiger partial charge is 0.289 e. The van der Waals surface area contributed by atoms with Gasteiger partial charge in [-0.1, -0.05) is 42.0 Å². The minimum atomic E-state index is -3.89. The molecule has 0 fully saturated rings. The van der Waals surface area contributed by atoms with Crippen LogP contribution in [0.5, 0.6) is 0 Å². The quantitative estimate of drug-likeness (QED) is 0.479. The van der Waals surface area contributed by atoms with E-state index in [1.807, 2.05) is 31.2 Å². The first-order chi connectivity index (χ1) is 10.9. The first kappa shape index (κ1) is 17.1. The number of nitrogens with zero attached hydrogens (tertiary/aromatic N) is 1. The first-order valence-electron chi connectivity index (χ1n) is 7.19. The van der Waals surface area contributed by atoms with Crippen LogP contribution in [0.25, 0.3) is 0 Å². The maximum Gasteiger partial charge on any atom is 0.289 e. The van der Waals surface area contributed by atoms with E-state index in [9.17, 15) is 18.5 Å². The summed E-state index contributed by atoms with van der Waals surface area (Å²) >= 11 is 0. The molecule has 2 aromatic carbocycles. The molecule has 6 nitrogen and oxygen atoms in total. The second kappa shape index (κ2) is 7.34. The van der Waals surface area contributed by atoms with Crippen molar-refractivity contribution in [1.29, 1.82) is 0 Å². The maximum absolute atomic E-state index is 12.2. The lowest BCUT2D eigenvalue weighted by Crippen LogP contribution is -2.25. The molecule has 0 aliphatic rings. The van der Waals surface area contributed by atoms with Crippen LogP contribution >= 0.6 is 0 Å². The molecule has 0 bridgehead atoms. The zero-order valence-corrected chi connectivity index (χ0v) is 13.5. The molecule has 122 valence electrons. The van der Waals surface area contributed by atoms with Crippen LogP contribution in [0.3, 0.4) is 0 Å². The number of nitro groups is 1. The van der Waals surface area contributed by atoms with E-state index in [1.54, 1.807) is 0 Å². The fourth-order valence-corrected chi connectivity index (χ4v) is 3.41. The number of para-hydroxylation sites is 1. The summed E-state index contributed by atoms with van der Waals surface area (Å²) in [5.41, 5.74) is 1.88. The molecule has 0 saturated carbocycles. The van der Waals surface area contributed by atoms with Gasteiger partial charge in [0, 0.05) is 12.6 Å². The van der Waals surface area contributed by atoms with Crippen molar-refractivity contribution in [3.63, 3.8) is 0 Å². The minimum absolute atomic E-state index is 0.224. The molecular weight excluding hydrogens is 316 g/mol. The summed E-state index contributed by atoms with van der Waals surface area (Å²) in [4.78, 5) is 9.93. The van der Waals surface area contributed by atoms with Crippen molar-refractivity contribution in [1.82, 2.24) is 4.72 Å². The van der Waals surface area contributed by atoms with Gasteiger partial charge in [0.2, 0.25) is 10.0 Å². The highest BCUT2D eigenvalue weighted by Crippen LogP contribution is 2.22. The zero-order chi connectivity index (χ0) is 16.9. The van der Waals surface area contributed by atoms with Crippen LogP contribution in [-0.2, 0) is 16.4 Å². The summed E-state index contributed by atoms with van der Waals surface area (Å²) in [6, 6.07) is 13.3. The van der Waals surface area contributed by atoms with Gasteiger partial charge in [0.15, 0.2) is 4.90 Å². The molecular formula is C16H18N2O4S. The van der Waals surface area contributed by atoms with E-state index >= 15 is 0 Å². The van der Waals surface area contributed by atoms with Crippen molar-refractivity contribution >= 4 is 15.7 Å². The Kier molecular flexibility index (Phi) is 5.46. The Morgan fingerprint density at radius 1 is 1.09 bits per heavy atom. The molecule has 0 unspecified atom stereocenters. The van der Waals surface area contributed by atoms with E-state index in [4.69, 9.17) is 0 Å². The molecule has 23 heavy (non-hydrogen) atoms. The van der Waals surface area contributed by atoms with Crippen molar-refractivity contribution in [3.8, 4) is 0 Å². The number of benzene rings is 2. The first-order valence-corrected chi connectivity index (χ1v) is 8.67. The van der Waals surface area contributed by atoms with Crippen molar-refractivity contribution in [2.75, 3.05) is 6.54 Å². The third kappa shape index (κ3) is 4.61. The van der Waals surface area contributed by atoms with Crippen LogP contribution in [0, 0.1) is 17.0 Å². The second-order valence-electron chi connectivity index (χ2n) is 5.21. The van der Waals surface area contributed by atoms with E-state index < -0.39 is 20.6 Å². The molecule has 0 aliphatic carbocycles. The van der Waals surface area contributed by atoms with Gasteiger partial charge in [-0.2, -0.15) is 0 Å². The number of nitrogens with one attached hydrogen (secondary N) is 1. The van der Waals surface area contributed by atoms with Crippen LogP contribution in [0.2, 0.25) is 0 Å². The standard InChI is InChI=1S/C16H18N2O4S/c1-13-8-10-14(11-9-13)5-4-12-17-23(21,22)16-7-3-2-6-15(16)18(19)20/h2-3,6-11,17H,4-5,12H2,1H3. The molecule has 0 atom stereocenters. The van der Waals surface area contributed by atoms with Gasteiger partial charge in [-0.15, -0.1) is 0 Å². The van der Waals surface area contributed by atoms with Crippen LogP contribution in [-0.4, -0.2) is 19.9 Å². The average molecular weight is 334 g/mol. The van der Waals surface area contributed by atoms with Crippen molar-refractivity contribution in [2.45, 2.75) is 24.7 Å². The summed E-state index contributed by atoms with van der Waals surface area (Å²) < 4.78 is 26.8. The fourth-order valence-electron chi connectivity index (χ4n) is 2.17.